The summed E-state index contributed by atoms with van der Waals surface area (Å²) in [7, 11) is 1.39. The van der Waals surface area contributed by atoms with E-state index in [4.69, 9.17) is 9.47 Å². The summed E-state index contributed by atoms with van der Waals surface area (Å²) in [5, 5.41) is 0. The first kappa shape index (κ1) is 9.19. The Morgan fingerprint density at radius 1 is 1.47 bits per heavy atom. The van der Waals surface area contributed by atoms with Gasteiger partial charge in [-0.2, -0.15) is 0 Å². The van der Waals surface area contributed by atoms with E-state index in [2.05, 4.69) is 6.92 Å². The van der Waals surface area contributed by atoms with Crippen LogP contribution in [0.15, 0.2) is 0 Å². The van der Waals surface area contributed by atoms with Crippen LogP contribution in [0.25, 0.3) is 0 Å². The van der Waals surface area contributed by atoms with Crippen LogP contribution in [0.5, 0.6) is 0 Å². The smallest absolute Gasteiger partial charge is 0.310 e. The summed E-state index contributed by atoms with van der Waals surface area (Å²) in [6.07, 6.45) is 1.01. The molecule has 2 aliphatic carbocycles. The Hall–Kier alpha value is -1.06. The summed E-state index contributed by atoms with van der Waals surface area (Å²) in [6, 6.07) is 0. The van der Waals surface area contributed by atoms with Crippen LogP contribution >= 0.6 is 0 Å². The number of rotatable bonds is 1. The van der Waals surface area contributed by atoms with Crippen LogP contribution < -0.4 is 0 Å². The molecule has 0 aromatic rings. The predicted octanol–water partition coefficient (Wildman–Crippen LogP) is 0.603. The molecule has 1 saturated heterocycles. The molecular formula is C11H14O4. The van der Waals surface area contributed by atoms with Gasteiger partial charge in [-0.3, -0.25) is 9.59 Å². The highest BCUT2D eigenvalue weighted by molar-refractivity contribution is 5.85. The van der Waals surface area contributed by atoms with Gasteiger partial charge in [0.15, 0.2) is 0 Å². The molecule has 0 spiro atoms. The molecule has 6 atom stereocenters. The molecule has 1 aliphatic heterocycles. The second-order valence-corrected chi connectivity index (χ2v) is 4.90. The van der Waals surface area contributed by atoms with E-state index in [0.717, 1.165) is 6.42 Å². The normalized spacial score (nSPS) is 50.7. The standard InChI is InChI=1S/C11H14O4/c1-4-5-3-6-8(7(5)10(12)14-2)11(13)15-9(4)6/h4-9H,3H2,1-2H3/t4-,5?,6?,7?,8?,9?/m0/s1. The van der Waals surface area contributed by atoms with E-state index < -0.39 is 0 Å². The van der Waals surface area contributed by atoms with Crippen molar-refractivity contribution in [2.24, 2.45) is 29.6 Å². The van der Waals surface area contributed by atoms with Crippen LogP contribution in [0.1, 0.15) is 13.3 Å². The molecule has 0 amide bonds. The van der Waals surface area contributed by atoms with Crippen molar-refractivity contribution in [2.45, 2.75) is 19.4 Å². The predicted molar refractivity (Wildman–Crippen MR) is 49.6 cm³/mol. The van der Waals surface area contributed by atoms with Crippen molar-refractivity contribution in [1.29, 1.82) is 0 Å². The summed E-state index contributed by atoms with van der Waals surface area (Å²) < 4.78 is 10.1. The van der Waals surface area contributed by atoms with Crippen molar-refractivity contribution >= 4 is 11.9 Å². The molecule has 1 heterocycles. The molecular weight excluding hydrogens is 196 g/mol. The third kappa shape index (κ3) is 0.924. The van der Waals surface area contributed by atoms with Gasteiger partial charge in [0.2, 0.25) is 0 Å². The van der Waals surface area contributed by atoms with Crippen molar-refractivity contribution in [3.05, 3.63) is 0 Å². The summed E-state index contributed by atoms with van der Waals surface area (Å²) in [5.41, 5.74) is 0. The lowest BCUT2D eigenvalue weighted by atomic mass is 9.75. The number of fused-ring (bicyclic) bond motifs is 1. The van der Waals surface area contributed by atoms with Crippen LogP contribution in [0, 0.1) is 29.6 Å². The second-order valence-electron chi connectivity index (χ2n) is 4.90. The highest BCUT2D eigenvalue weighted by Gasteiger charge is 2.67. The summed E-state index contributed by atoms with van der Waals surface area (Å²) in [5.74, 6) is -0.0406. The van der Waals surface area contributed by atoms with Crippen LogP contribution in [0.2, 0.25) is 0 Å². The van der Waals surface area contributed by atoms with Gasteiger partial charge >= 0.3 is 11.9 Å². The Kier molecular flexibility index (Phi) is 1.68. The van der Waals surface area contributed by atoms with Crippen LogP contribution in [-0.4, -0.2) is 25.2 Å². The SMILES string of the molecule is COC(=O)C1C2C(=O)OC3C2CC1[C@@H]3C. The highest BCUT2D eigenvalue weighted by atomic mass is 16.6. The lowest BCUT2D eigenvalue weighted by Gasteiger charge is -2.27. The average Bonchev–Trinajstić information content (AvgIpc) is 2.80. The fourth-order valence-electron chi connectivity index (χ4n) is 3.84. The first-order valence-corrected chi connectivity index (χ1v) is 5.43. The van der Waals surface area contributed by atoms with E-state index in [0.29, 0.717) is 5.92 Å². The number of hydrogen-bond acceptors (Lipinski definition) is 4. The lowest BCUT2D eigenvalue weighted by molar-refractivity contribution is -0.153. The fourth-order valence-corrected chi connectivity index (χ4v) is 3.84. The zero-order valence-corrected chi connectivity index (χ0v) is 8.80. The molecule has 4 heteroatoms. The first-order chi connectivity index (χ1) is 7.15. The third-order valence-electron chi connectivity index (χ3n) is 4.47. The van der Waals surface area contributed by atoms with Crippen LogP contribution in [0.4, 0.5) is 0 Å². The molecule has 3 fully saturated rings. The Balaban J connectivity index is 1.98. The number of carbonyl (C=O) groups is 2. The maximum absolute atomic E-state index is 11.7. The molecule has 0 N–H and O–H groups in total. The molecule has 4 nitrogen and oxygen atoms in total. The van der Waals surface area contributed by atoms with E-state index in [-0.39, 0.29) is 41.7 Å². The minimum atomic E-state index is -0.249. The molecule has 0 aromatic heterocycles. The fraction of sp³-hybridized carbons (Fsp3) is 0.818. The van der Waals surface area contributed by atoms with E-state index in [1.165, 1.54) is 7.11 Å². The molecule has 2 saturated carbocycles. The van der Waals surface area contributed by atoms with Crippen molar-refractivity contribution in [3.63, 3.8) is 0 Å². The molecule has 0 aromatic carbocycles. The van der Waals surface area contributed by atoms with Crippen molar-refractivity contribution < 1.29 is 19.1 Å². The molecule has 3 aliphatic rings. The van der Waals surface area contributed by atoms with Gasteiger partial charge in [0.05, 0.1) is 18.9 Å². The van der Waals surface area contributed by atoms with E-state index >= 15 is 0 Å². The van der Waals surface area contributed by atoms with Gasteiger partial charge in [-0.05, 0) is 18.3 Å². The zero-order valence-electron chi connectivity index (χ0n) is 8.80. The maximum Gasteiger partial charge on any atom is 0.310 e. The Bertz CT molecular complexity index is 337. The van der Waals surface area contributed by atoms with Crippen LogP contribution in [0.3, 0.4) is 0 Å². The monoisotopic (exact) mass is 210 g/mol. The molecule has 0 radical (unpaired) electrons. The van der Waals surface area contributed by atoms with Gasteiger partial charge in [0, 0.05) is 5.92 Å². The van der Waals surface area contributed by atoms with Crippen molar-refractivity contribution in [1.82, 2.24) is 0 Å². The quantitative estimate of drug-likeness (QED) is 0.595. The van der Waals surface area contributed by atoms with Gasteiger partial charge in [-0.1, -0.05) is 6.92 Å². The van der Waals surface area contributed by atoms with Gasteiger partial charge < -0.3 is 9.47 Å². The van der Waals surface area contributed by atoms with Gasteiger partial charge in [-0.15, -0.1) is 0 Å². The van der Waals surface area contributed by atoms with Crippen molar-refractivity contribution in [2.75, 3.05) is 7.11 Å². The minimum absolute atomic E-state index is 0.0633. The lowest BCUT2D eigenvalue weighted by Crippen LogP contribution is -2.37. The van der Waals surface area contributed by atoms with Gasteiger partial charge in [-0.25, -0.2) is 0 Å². The Morgan fingerprint density at radius 2 is 2.20 bits per heavy atom. The Labute approximate surface area is 87.9 Å². The number of methoxy groups -OCH3 is 1. The summed E-state index contributed by atoms with van der Waals surface area (Å²) >= 11 is 0. The number of esters is 2. The first-order valence-electron chi connectivity index (χ1n) is 5.43. The van der Waals surface area contributed by atoms with E-state index in [1.807, 2.05) is 0 Å². The van der Waals surface area contributed by atoms with Gasteiger partial charge in [0.25, 0.3) is 0 Å². The minimum Gasteiger partial charge on any atom is -0.469 e. The number of carbonyl (C=O) groups excluding carboxylic acids is 2. The largest absolute Gasteiger partial charge is 0.469 e. The maximum atomic E-state index is 11.7. The number of hydrogen-bond donors (Lipinski definition) is 0. The van der Waals surface area contributed by atoms with E-state index in [1.54, 1.807) is 0 Å². The highest BCUT2D eigenvalue weighted by Crippen LogP contribution is 2.60. The summed E-state index contributed by atoms with van der Waals surface area (Å²) in [4.78, 5) is 23.3. The van der Waals surface area contributed by atoms with E-state index in [9.17, 15) is 9.59 Å². The average molecular weight is 210 g/mol. The Morgan fingerprint density at radius 3 is 2.87 bits per heavy atom. The molecule has 82 valence electrons. The van der Waals surface area contributed by atoms with Crippen molar-refractivity contribution in [3.8, 4) is 0 Å². The number of ether oxygens (including phenoxy) is 2. The summed E-state index contributed by atoms with van der Waals surface area (Å²) in [6.45, 7) is 2.07. The molecule has 3 rings (SSSR count). The van der Waals surface area contributed by atoms with Crippen LogP contribution in [-0.2, 0) is 19.1 Å². The zero-order chi connectivity index (χ0) is 10.7. The van der Waals surface area contributed by atoms with Gasteiger partial charge in [0.1, 0.15) is 6.10 Å². The molecule has 5 unspecified atom stereocenters. The molecule has 15 heavy (non-hydrogen) atoms. The second kappa shape index (κ2) is 2.74. The molecule has 2 bridgehead atoms. The topological polar surface area (TPSA) is 52.6 Å². The third-order valence-corrected chi connectivity index (χ3v) is 4.47.